The van der Waals surface area contributed by atoms with Crippen molar-refractivity contribution in [3.05, 3.63) is 34.7 Å². The lowest BCUT2D eigenvalue weighted by Gasteiger charge is -2.21. The summed E-state index contributed by atoms with van der Waals surface area (Å²) in [7, 11) is 2.03. The van der Waals surface area contributed by atoms with E-state index in [2.05, 4.69) is 48.3 Å². The molecular formula is C17H26N2S. The van der Waals surface area contributed by atoms with Crippen molar-refractivity contribution in [2.45, 2.75) is 39.8 Å². The number of nitrogens with zero attached hydrogens (tertiary/aromatic N) is 1. The van der Waals surface area contributed by atoms with Crippen molar-refractivity contribution in [1.29, 1.82) is 0 Å². The van der Waals surface area contributed by atoms with Crippen LogP contribution in [-0.4, -0.2) is 25.0 Å². The van der Waals surface area contributed by atoms with E-state index in [0.717, 1.165) is 13.1 Å². The first-order valence-electron chi connectivity index (χ1n) is 7.66. The average molecular weight is 290 g/mol. The van der Waals surface area contributed by atoms with E-state index >= 15 is 0 Å². The Bertz CT molecular complexity index is 527. The van der Waals surface area contributed by atoms with Gasteiger partial charge in [0.25, 0.3) is 0 Å². The summed E-state index contributed by atoms with van der Waals surface area (Å²) in [5, 5.41) is 4.76. The largest absolute Gasteiger partial charge is 0.315 e. The van der Waals surface area contributed by atoms with Gasteiger partial charge in [0.1, 0.15) is 0 Å². The van der Waals surface area contributed by atoms with Crippen LogP contribution in [-0.2, 0) is 13.1 Å². The summed E-state index contributed by atoms with van der Waals surface area (Å²) in [6, 6.07) is 8.82. The number of hydrogen-bond acceptors (Lipinski definition) is 3. The fraction of sp³-hybridized carbons (Fsp3) is 0.529. The fourth-order valence-corrected chi connectivity index (χ4v) is 3.98. The second-order valence-corrected chi connectivity index (χ2v) is 6.44. The molecule has 0 spiro atoms. The zero-order valence-corrected chi connectivity index (χ0v) is 13.7. The maximum atomic E-state index is 3.31. The Kier molecular flexibility index (Phi) is 6.02. The second kappa shape index (κ2) is 7.77. The first-order chi connectivity index (χ1) is 9.80. The van der Waals surface area contributed by atoms with Gasteiger partial charge in [-0.05, 0) is 50.0 Å². The molecule has 1 aromatic carbocycles. The van der Waals surface area contributed by atoms with Crippen LogP contribution in [0.1, 0.15) is 37.1 Å². The molecule has 20 heavy (non-hydrogen) atoms. The zero-order valence-electron chi connectivity index (χ0n) is 12.9. The SMILES string of the molecule is CCCN(CCC)Cc1c(CNC)sc2ccccc12. The highest BCUT2D eigenvalue weighted by molar-refractivity contribution is 7.19. The van der Waals surface area contributed by atoms with Crippen molar-refractivity contribution in [3.8, 4) is 0 Å². The van der Waals surface area contributed by atoms with E-state index in [4.69, 9.17) is 0 Å². The van der Waals surface area contributed by atoms with E-state index in [-0.39, 0.29) is 0 Å². The highest BCUT2D eigenvalue weighted by atomic mass is 32.1. The van der Waals surface area contributed by atoms with Crippen LogP contribution in [0.4, 0.5) is 0 Å². The summed E-state index contributed by atoms with van der Waals surface area (Å²) in [6.07, 6.45) is 2.45. The first kappa shape index (κ1) is 15.5. The molecule has 2 rings (SSSR count). The molecule has 1 N–H and O–H groups in total. The molecule has 3 heteroatoms. The second-order valence-electron chi connectivity index (χ2n) is 5.31. The van der Waals surface area contributed by atoms with Crippen LogP contribution in [0.3, 0.4) is 0 Å². The van der Waals surface area contributed by atoms with E-state index < -0.39 is 0 Å². The summed E-state index contributed by atoms with van der Waals surface area (Å²) in [5.41, 5.74) is 1.53. The summed E-state index contributed by atoms with van der Waals surface area (Å²) in [6.45, 7) is 8.98. The van der Waals surface area contributed by atoms with Gasteiger partial charge in [-0.1, -0.05) is 32.0 Å². The summed E-state index contributed by atoms with van der Waals surface area (Å²) >= 11 is 1.94. The van der Waals surface area contributed by atoms with E-state index in [1.165, 1.54) is 46.5 Å². The van der Waals surface area contributed by atoms with Gasteiger partial charge < -0.3 is 5.32 Å². The van der Waals surface area contributed by atoms with Gasteiger partial charge in [0.15, 0.2) is 0 Å². The minimum absolute atomic E-state index is 0.973. The molecule has 0 unspecified atom stereocenters. The Balaban J connectivity index is 2.31. The number of nitrogens with one attached hydrogen (secondary N) is 1. The van der Waals surface area contributed by atoms with Crippen LogP contribution in [0.5, 0.6) is 0 Å². The molecule has 0 saturated heterocycles. The number of benzene rings is 1. The van der Waals surface area contributed by atoms with Crippen molar-refractivity contribution in [2.75, 3.05) is 20.1 Å². The molecule has 0 bridgehead atoms. The topological polar surface area (TPSA) is 15.3 Å². The molecule has 0 radical (unpaired) electrons. The maximum Gasteiger partial charge on any atom is 0.0349 e. The molecule has 0 aliphatic rings. The Labute approximate surface area is 126 Å². The normalized spacial score (nSPS) is 11.6. The molecule has 2 nitrogen and oxygen atoms in total. The van der Waals surface area contributed by atoms with Crippen LogP contribution >= 0.6 is 11.3 Å². The van der Waals surface area contributed by atoms with Gasteiger partial charge in [-0.3, -0.25) is 4.90 Å². The molecule has 0 amide bonds. The summed E-state index contributed by atoms with van der Waals surface area (Å²) in [5.74, 6) is 0. The molecule has 0 aliphatic carbocycles. The molecule has 0 aliphatic heterocycles. The monoisotopic (exact) mass is 290 g/mol. The van der Waals surface area contributed by atoms with Gasteiger partial charge in [-0.25, -0.2) is 0 Å². The zero-order chi connectivity index (χ0) is 14.4. The summed E-state index contributed by atoms with van der Waals surface area (Å²) < 4.78 is 1.42. The van der Waals surface area contributed by atoms with Crippen molar-refractivity contribution in [2.24, 2.45) is 0 Å². The third-order valence-corrected chi connectivity index (χ3v) is 4.79. The molecule has 0 atom stereocenters. The minimum atomic E-state index is 0.973. The minimum Gasteiger partial charge on any atom is -0.315 e. The van der Waals surface area contributed by atoms with Crippen molar-refractivity contribution in [1.82, 2.24) is 10.2 Å². The van der Waals surface area contributed by atoms with Crippen molar-refractivity contribution in [3.63, 3.8) is 0 Å². The van der Waals surface area contributed by atoms with Gasteiger partial charge in [0.2, 0.25) is 0 Å². The number of thiophene rings is 1. The Morgan fingerprint density at radius 3 is 2.45 bits per heavy atom. The lowest BCUT2D eigenvalue weighted by molar-refractivity contribution is 0.267. The predicted molar refractivity (Wildman–Crippen MR) is 90.4 cm³/mol. The smallest absolute Gasteiger partial charge is 0.0349 e. The third kappa shape index (κ3) is 3.60. The molecule has 2 aromatic rings. The lowest BCUT2D eigenvalue weighted by atomic mass is 10.1. The van der Waals surface area contributed by atoms with Crippen LogP contribution in [0.15, 0.2) is 24.3 Å². The first-order valence-corrected chi connectivity index (χ1v) is 8.48. The van der Waals surface area contributed by atoms with Gasteiger partial charge in [-0.15, -0.1) is 11.3 Å². The van der Waals surface area contributed by atoms with E-state index in [1.807, 2.05) is 18.4 Å². The quantitative estimate of drug-likeness (QED) is 0.782. The third-order valence-electron chi connectivity index (χ3n) is 3.58. The number of rotatable bonds is 8. The van der Waals surface area contributed by atoms with Crippen molar-refractivity contribution < 1.29 is 0 Å². The van der Waals surface area contributed by atoms with Crippen molar-refractivity contribution >= 4 is 21.4 Å². The Hall–Kier alpha value is -0.900. The van der Waals surface area contributed by atoms with Gasteiger partial charge in [0.05, 0.1) is 0 Å². The predicted octanol–water partition coefficient (Wildman–Crippen LogP) is 4.24. The van der Waals surface area contributed by atoms with Crippen LogP contribution in [0, 0.1) is 0 Å². The molecular weight excluding hydrogens is 264 g/mol. The number of fused-ring (bicyclic) bond motifs is 1. The van der Waals surface area contributed by atoms with Gasteiger partial charge >= 0.3 is 0 Å². The van der Waals surface area contributed by atoms with Crippen LogP contribution < -0.4 is 5.32 Å². The van der Waals surface area contributed by atoms with Gasteiger partial charge in [0, 0.05) is 22.7 Å². The standard InChI is InChI=1S/C17H26N2S/c1-4-10-19(11-5-2)13-15-14-8-6-7-9-16(14)20-17(15)12-18-3/h6-9,18H,4-5,10-13H2,1-3H3. The van der Waals surface area contributed by atoms with Crippen LogP contribution in [0.2, 0.25) is 0 Å². The highest BCUT2D eigenvalue weighted by Gasteiger charge is 2.14. The van der Waals surface area contributed by atoms with E-state index in [0.29, 0.717) is 0 Å². The highest BCUT2D eigenvalue weighted by Crippen LogP contribution is 2.32. The fourth-order valence-electron chi connectivity index (χ4n) is 2.75. The molecule has 1 heterocycles. The van der Waals surface area contributed by atoms with E-state index in [1.54, 1.807) is 0 Å². The maximum absolute atomic E-state index is 3.31. The number of hydrogen-bond donors (Lipinski definition) is 1. The Morgan fingerprint density at radius 1 is 1.10 bits per heavy atom. The van der Waals surface area contributed by atoms with E-state index in [9.17, 15) is 0 Å². The lowest BCUT2D eigenvalue weighted by Crippen LogP contribution is -2.25. The summed E-state index contributed by atoms with van der Waals surface area (Å²) in [4.78, 5) is 4.08. The van der Waals surface area contributed by atoms with Gasteiger partial charge in [-0.2, -0.15) is 0 Å². The average Bonchev–Trinajstić information content (AvgIpc) is 2.78. The molecule has 0 fully saturated rings. The van der Waals surface area contributed by atoms with Crippen LogP contribution in [0.25, 0.3) is 10.1 Å². The molecule has 1 aromatic heterocycles. The molecule has 110 valence electrons. The molecule has 0 saturated carbocycles. The Morgan fingerprint density at radius 2 is 1.80 bits per heavy atom.